The molecule has 6 nitrogen and oxygen atoms in total. The van der Waals surface area contributed by atoms with Gasteiger partial charge in [0.05, 0.1) is 13.7 Å². The molecule has 0 radical (unpaired) electrons. The third-order valence-corrected chi connectivity index (χ3v) is 4.97. The zero-order chi connectivity index (χ0) is 19.8. The van der Waals surface area contributed by atoms with Crippen LogP contribution in [0, 0.1) is 5.92 Å². The highest BCUT2D eigenvalue weighted by Gasteiger charge is 2.15. The number of methoxy groups -OCH3 is 1. The molecule has 2 N–H and O–H groups in total. The summed E-state index contributed by atoms with van der Waals surface area (Å²) in [6.07, 6.45) is 2.47. The van der Waals surface area contributed by atoms with E-state index in [2.05, 4.69) is 34.6 Å². The largest absolute Gasteiger partial charge is 0.497 e. The van der Waals surface area contributed by atoms with Gasteiger partial charge in [0.2, 0.25) is 0 Å². The van der Waals surface area contributed by atoms with E-state index in [9.17, 15) is 4.79 Å². The van der Waals surface area contributed by atoms with Crippen LogP contribution in [0.25, 0.3) is 0 Å². The van der Waals surface area contributed by atoms with Crippen LogP contribution in [0.4, 0.5) is 16.2 Å². The normalized spacial score (nSPS) is 14.4. The fourth-order valence-electron chi connectivity index (χ4n) is 3.22. The Hall–Kier alpha value is -2.89. The minimum absolute atomic E-state index is 0.242. The number of hydrogen-bond acceptors (Lipinski definition) is 4. The Bertz CT molecular complexity index is 756. The zero-order valence-electron chi connectivity index (χ0n) is 16.6. The number of anilines is 2. The summed E-state index contributed by atoms with van der Waals surface area (Å²) in [5, 5.41) is 5.65. The summed E-state index contributed by atoms with van der Waals surface area (Å²) in [5.74, 6) is 2.27. The van der Waals surface area contributed by atoms with Crippen LogP contribution in [0.2, 0.25) is 0 Å². The maximum atomic E-state index is 12.0. The number of carbonyl (C=O) groups excluding carboxylic acids is 1. The lowest BCUT2D eigenvalue weighted by atomic mass is 9.99. The lowest BCUT2D eigenvalue weighted by Crippen LogP contribution is -2.33. The summed E-state index contributed by atoms with van der Waals surface area (Å²) in [4.78, 5) is 14.4. The van der Waals surface area contributed by atoms with Gasteiger partial charge in [0.15, 0.2) is 0 Å². The maximum absolute atomic E-state index is 12.0. The molecule has 0 aliphatic carbocycles. The first-order chi connectivity index (χ1) is 13.6. The van der Waals surface area contributed by atoms with Crippen LogP contribution in [0.1, 0.15) is 19.8 Å². The topological polar surface area (TPSA) is 62.8 Å². The molecule has 3 rings (SSSR count). The van der Waals surface area contributed by atoms with Crippen molar-refractivity contribution in [3.8, 4) is 11.5 Å². The summed E-state index contributed by atoms with van der Waals surface area (Å²) in [5.41, 5.74) is 1.99. The van der Waals surface area contributed by atoms with Crippen molar-refractivity contribution in [3.05, 3.63) is 48.5 Å². The molecule has 6 heteroatoms. The molecular weight excluding hydrogens is 354 g/mol. The molecular formula is C22H29N3O3. The van der Waals surface area contributed by atoms with E-state index < -0.39 is 0 Å². The molecule has 0 unspecified atom stereocenters. The molecule has 0 aromatic heterocycles. The molecule has 0 atom stereocenters. The van der Waals surface area contributed by atoms with E-state index >= 15 is 0 Å². The molecule has 2 aromatic carbocycles. The first kappa shape index (κ1) is 19.9. The number of ether oxygens (including phenoxy) is 2. The smallest absolute Gasteiger partial charge is 0.319 e. The van der Waals surface area contributed by atoms with Crippen molar-refractivity contribution >= 4 is 17.4 Å². The van der Waals surface area contributed by atoms with Crippen LogP contribution in [0.5, 0.6) is 11.5 Å². The number of piperidine rings is 1. The minimum atomic E-state index is -0.242. The second-order valence-corrected chi connectivity index (χ2v) is 7.12. The van der Waals surface area contributed by atoms with Gasteiger partial charge in [0, 0.05) is 30.5 Å². The highest BCUT2D eigenvalue weighted by Crippen LogP contribution is 2.24. The van der Waals surface area contributed by atoms with Gasteiger partial charge in [-0.1, -0.05) is 13.0 Å². The van der Waals surface area contributed by atoms with Crippen LogP contribution in [0.15, 0.2) is 48.5 Å². The SMILES string of the molecule is COc1cccc(OCCNC(=O)Nc2ccc(N3CCC(C)CC3)cc2)c1. The fourth-order valence-corrected chi connectivity index (χ4v) is 3.22. The first-order valence-corrected chi connectivity index (χ1v) is 9.81. The Kier molecular flexibility index (Phi) is 7.00. The monoisotopic (exact) mass is 383 g/mol. The van der Waals surface area contributed by atoms with Crippen LogP contribution >= 0.6 is 0 Å². The molecule has 0 saturated carbocycles. The van der Waals surface area contributed by atoms with Gasteiger partial charge in [-0.05, 0) is 55.2 Å². The number of urea groups is 1. The number of amides is 2. The van der Waals surface area contributed by atoms with E-state index in [-0.39, 0.29) is 6.03 Å². The van der Waals surface area contributed by atoms with Crippen molar-refractivity contribution in [3.63, 3.8) is 0 Å². The van der Waals surface area contributed by atoms with Crippen molar-refractivity contribution < 1.29 is 14.3 Å². The van der Waals surface area contributed by atoms with Crippen LogP contribution in [0.3, 0.4) is 0 Å². The molecule has 28 heavy (non-hydrogen) atoms. The minimum Gasteiger partial charge on any atom is -0.497 e. The summed E-state index contributed by atoms with van der Waals surface area (Å²) in [6.45, 7) is 5.30. The van der Waals surface area contributed by atoms with Gasteiger partial charge < -0.3 is 25.0 Å². The third-order valence-electron chi connectivity index (χ3n) is 4.97. The molecule has 0 bridgehead atoms. The van der Waals surface area contributed by atoms with E-state index in [1.165, 1.54) is 18.5 Å². The number of carbonyl (C=O) groups is 1. The molecule has 150 valence electrons. The van der Waals surface area contributed by atoms with Gasteiger partial charge in [-0.15, -0.1) is 0 Å². The Labute approximate surface area is 166 Å². The number of hydrogen-bond donors (Lipinski definition) is 2. The standard InChI is InChI=1S/C22H29N3O3/c1-17-10-13-25(14-11-17)19-8-6-18(7-9-19)24-22(26)23-12-15-28-21-5-3-4-20(16-21)27-2/h3-9,16-17H,10-15H2,1-2H3,(H2,23,24,26). The van der Waals surface area contributed by atoms with E-state index in [1.807, 2.05) is 36.4 Å². The molecule has 0 spiro atoms. The first-order valence-electron chi connectivity index (χ1n) is 9.81. The average Bonchev–Trinajstić information content (AvgIpc) is 2.73. The van der Waals surface area contributed by atoms with E-state index in [1.54, 1.807) is 7.11 Å². The Morgan fingerprint density at radius 2 is 1.82 bits per heavy atom. The van der Waals surface area contributed by atoms with Gasteiger partial charge in [0.1, 0.15) is 18.1 Å². The molecule has 1 saturated heterocycles. The number of nitrogens with one attached hydrogen (secondary N) is 2. The Morgan fingerprint density at radius 1 is 1.11 bits per heavy atom. The number of nitrogens with zero attached hydrogens (tertiary/aromatic N) is 1. The highest BCUT2D eigenvalue weighted by molar-refractivity contribution is 5.89. The molecule has 1 fully saturated rings. The quantitative estimate of drug-likeness (QED) is 0.706. The highest BCUT2D eigenvalue weighted by atomic mass is 16.5. The Balaban J connectivity index is 1.38. The molecule has 1 aliphatic rings. The molecule has 2 aromatic rings. The van der Waals surface area contributed by atoms with E-state index in [4.69, 9.17) is 9.47 Å². The summed E-state index contributed by atoms with van der Waals surface area (Å²) in [7, 11) is 1.62. The van der Waals surface area contributed by atoms with Gasteiger partial charge in [-0.25, -0.2) is 4.79 Å². The molecule has 1 aliphatic heterocycles. The van der Waals surface area contributed by atoms with E-state index in [0.29, 0.717) is 18.9 Å². The second-order valence-electron chi connectivity index (χ2n) is 7.12. The van der Waals surface area contributed by atoms with Crippen LogP contribution < -0.4 is 25.0 Å². The summed E-state index contributed by atoms with van der Waals surface area (Å²) in [6, 6.07) is 15.2. The molecule has 1 heterocycles. The number of benzene rings is 2. The van der Waals surface area contributed by atoms with Crippen molar-refractivity contribution in [2.45, 2.75) is 19.8 Å². The number of rotatable bonds is 7. The van der Waals surface area contributed by atoms with Crippen molar-refractivity contribution in [2.75, 3.05) is 43.6 Å². The average molecular weight is 383 g/mol. The van der Waals surface area contributed by atoms with Crippen molar-refractivity contribution in [1.29, 1.82) is 0 Å². The van der Waals surface area contributed by atoms with Crippen molar-refractivity contribution in [2.24, 2.45) is 5.92 Å². The van der Waals surface area contributed by atoms with Gasteiger partial charge in [-0.3, -0.25) is 0 Å². The third kappa shape index (κ3) is 5.81. The van der Waals surface area contributed by atoms with Gasteiger partial charge in [0.25, 0.3) is 0 Å². The predicted molar refractivity (Wildman–Crippen MR) is 113 cm³/mol. The van der Waals surface area contributed by atoms with Crippen LogP contribution in [-0.2, 0) is 0 Å². The molecule has 2 amide bonds. The van der Waals surface area contributed by atoms with Gasteiger partial charge in [-0.2, -0.15) is 0 Å². The van der Waals surface area contributed by atoms with Gasteiger partial charge >= 0.3 is 6.03 Å². The Morgan fingerprint density at radius 3 is 2.54 bits per heavy atom. The van der Waals surface area contributed by atoms with Crippen molar-refractivity contribution in [1.82, 2.24) is 5.32 Å². The fraction of sp³-hybridized carbons (Fsp3) is 0.409. The lowest BCUT2D eigenvalue weighted by molar-refractivity contribution is 0.247. The predicted octanol–water partition coefficient (Wildman–Crippen LogP) is 4.13. The summed E-state index contributed by atoms with van der Waals surface area (Å²) < 4.78 is 10.8. The van der Waals surface area contributed by atoms with E-state index in [0.717, 1.165) is 30.4 Å². The lowest BCUT2D eigenvalue weighted by Gasteiger charge is -2.32. The van der Waals surface area contributed by atoms with Crippen LogP contribution in [-0.4, -0.2) is 39.4 Å². The summed E-state index contributed by atoms with van der Waals surface area (Å²) >= 11 is 0. The second kappa shape index (κ2) is 9.88. The zero-order valence-corrected chi connectivity index (χ0v) is 16.6. The maximum Gasteiger partial charge on any atom is 0.319 e.